The maximum Gasteiger partial charge on any atom is 0.272 e. The zero-order chi connectivity index (χ0) is 19.7. The summed E-state index contributed by atoms with van der Waals surface area (Å²) in [7, 11) is 1.00. The van der Waals surface area contributed by atoms with Gasteiger partial charge in [-0.3, -0.25) is 14.8 Å². The van der Waals surface area contributed by atoms with Gasteiger partial charge in [0.2, 0.25) is 5.91 Å². The number of carbonyl (C=O) groups excluding carboxylic acids is 3. The van der Waals surface area contributed by atoms with Gasteiger partial charge in [0.05, 0.1) is 12.5 Å². The number of hydroxylamine groups is 1. The number of amides is 2. The largest absolute Gasteiger partial charge is 0.400 e. The number of benzene rings is 1. The van der Waals surface area contributed by atoms with Crippen molar-refractivity contribution in [2.75, 3.05) is 13.7 Å². The number of rotatable bonds is 7. The predicted molar refractivity (Wildman–Crippen MR) is 92.5 cm³/mol. The Kier molecular flexibility index (Phi) is 16.5. The van der Waals surface area contributed by atoms with E-state index in [0.29, 0.717) is 6.29 Å². The van der Waals surface area contributed by atoms with Crippen LogP contribution in [0.4, 0.5) is 0 Å². The van der Waals surface area contributed by atoms with Crippen LogP contribution in [0.3, 0.4) is 0 Å². The van der Waals surface area contributed by atoms with Crippen LogP contribution in [0.5, 0.6) is 0 Å². The Bertz CT molecular complexity index is 441. The van der Waals surface area contributed by atoms with Gasteiger partial charge in [0.15, 0.2) is 0 Å². The SMILES string of the molecule is CC(C)CC(C(=O)NCC=O)C(O)C(=O)NO.CO.c1ccccc1. The van der Waals surface area contributed by atoms with Gasteiger partial charge in [-0.05, 0) is 12.3 Å². The Hall–Kier alpha value is -2.29. The van der Waals surface area contributed by atoms with Crippen LogP contribution in [0.25, 0.3) is 0 Å². The van der Waals surface area contributed by atoms with Gasteiger partial charge < -0.3 is 20.3 Å². The molecule has 0 aliphatic carbocycles. The van der Waals surface area contributed by atoms with Crippen LogP contribution in [-0.2, 0) is 14.4 Å². The Labute approximate surface area is 147 Å². The molecule has 0 saturated heterocycles. The summed E-state index contributed by atoms with van der Waals surface area (Å²) >= 11 is 0. The van der Waals surface area contributed by atoms with E-state index < -0.39 is 23.8 Å². The van der Waals surface area contributed by atoms with E-state index >= 15 is 0 Å². The molecule has 2 unspecified atom stereocenters. The molecular weight excluding hydrogens is 328 g/mol. The lowest BCUT2D eigenvalue weighted by Crippen LogP contribution is -2.46. The molecule has 0 aromatic heterocycles. The molecule has 25 heavy (non-hydrogen) atoms. The van der Waals surface area contributed by atoms with Crippen LogP contribution in [0, 0.1) is 11.8 Å². The fraction of sp³-hybridized carbons (Fsp3) is 0.471. The lowest BCUT2D eigenvalue weighted by atomic mass is 9.91. The quantitative estimate of drug-likeness (QED) is 0.268. The van der Waals surface area contributed by atoms with Crippen molar-refractivity contribution in [1.29, 1.82) is 0 Å². The first-order valence-electron chi connectivity index (χ1n) is 7.72. The summed E-state index contributed by atoms with van der Waals surface area (Å²) in [5.41, 5.74) is 1.29. The third-order valence-electron chi connectivity index (χ3n) is 2.85. The smallest absolute Gasteiger partial charge is 0.272 e. The number of aliphatic hydroxyl groups excluding tert-OH is 2. The van der Waals surface area contributed by atoms with Gasteiger partial charge in [-0.2, -0.15) is 0 Å². The molecule has 0 aliphatic heterocycles. The lowest BCUT2D eigenvalue weighted by molar-refractivity contribution is -0.146. The van der Waals surface area contributed by atoms with E-state index in [-0.39, 0.29) is 18.9 Å². The molecule has 0 heterocycles. The minimum Gasteiger partial charge on any atom is -0.400 e. The number of aldehydes is 1. The second kappa shape index (κ2) is 16.6. The summed E-state index contributed by atoms with van der Waals surface area (Å²) in [6.45, 7) is 3.47. The monoisotopic (exact) mass is 356 g/mol. The van der Waals surface area contributed by atoms with Crippen LogP contribution in [0.15, 0.2) is 36.4 Å². The van der Waals surface area contributed by atoms with E-state index in [9.17, 15) is 19.5 Å². The summed E-state index contributed by atoms with van der Waals surface area (Å²) in [6, 6.07) is 12.0. The average Bonchev–Trinajstić information content (AvgIpc) is 2.66. The highest BCUT2D eigenvalue weighted by Crippen LogP contribution is 2.16. The van der Waals surface area contributed by atoms with E-state index in [4.69, 9.17) is 10.3 Å². The molecule has 2 atom stereocenters. The van der Waals surface area contributed by atoms with Gasteiger partial charge in [-0.1, -0.05) is 50.2 Å². The van der Waals surface area contributed by atoms with E-state index in [0.717, 1.165) is 7.11 Å². The molecule has 0 saturated carbocycles. The van der Waals surface area contributed by atoms with Crippen LogP contribution in [0.1, 0.15) is 20.3 Å². The molecule has 142 valence electrons. The fourth-order valence-corrected chi connectivity index (χ4v) is 1.79. The van der Waals surface area contributed by atoms with E-state index in [2.05, 4.69) is 5.32 Å². The second-order valence-electron chi connectivity index (χ2n) is 5.22. The minimum absolute atomic E-state index is 0.0723. The summed E-state index contributed by atoms with van der Waals surface area (Å²) in [5, 5.41) is 27.2. The number of carbonyl (C=O) groups is 3. The topological polar surface area (TPSA) is 136 Å². The molecule has 8 nitrogen and oxygen atoms in total. The van der Waals surface area contributed by atoms with Crippen molar-refractivity contribution in [2.45, 2.75) is 26.4 Å². The van der Waals surface area contributed by atoms with Gasteiger partial charge in [-0.15, -0.1) is 0 Å². The molecule has 1 rings (SSSR count). The molecule has 0 spiro atoms. The first-order valence-corrected chi connectivity index (χ1v) is 7.72. The van der Waals surface area contributed by atoms with E-state index in [1.165, 1.54) is 5.48 Å². The summed E-state index contributed by atoms with van der Waals surface area (Å²) in [4.78, 5) is 32.8. The highest BCUT2D eigenvalue weighted by molar-refractivity contribution is 5.89. The standard InChI is InChI=1S/C10H18N2O5.C6H6.CH4O/c1-6(2)5-7(8(14)10(16)12-17)9(15)11-3-4-13;1-2-4-6-5-3-1;1-2/h4,6-8,14,17H,3,5H2,1-2H3,(H,11,15)(H,12,16);1-6H;2H,1H3. The van der Waals surface area contributed by atoms with Crippen molar-refractivity contribution in [2.24, 2.45) is 11.8 Å². The number of aliphatic hydroxyl groups is 2. The Morgan fingerprint density at radius 3 is 1.76 bits per heavy atom. The Morgan fingerprint density at radius 1 is 1.00 bits per heavy atom. The molecule has 0 fully saturated rings. The molecular formula is C17H28N2O6. The zero-order valence-electron chi connectivity index (χ0n) is 14.8. The highest BCUT2D eigenvalue weighted by atomic mass is 16.5. The summed E-state index contributed by atoms with van der Waals surface area (Å²) in [5.74, 6) is -2.57. The van der Waals surface area contributed by atoms with Crippen molar-refractivity contribution >= 4 is 18.1 Å². The Balaban J connectivity index is 0. The lowest BCUT2D eigenvalue weighted by Gasteiger charge is -2.21. The van der Waals surface area contributed by atoms with Gasteiger partial charge in [0, 0.05) is 7.11 Å². The number of hydrogen-bond acceptors (Lipinski definition) is 6. The van der Waals surface area contributed by atoms with Gasteiger partial charge in [-0.25, -0.2) is 5.48 Å². The molecule has 0 aliphatic rings. The molecule has 1 aromatic carbocycles. The van der Waals surface area contributed by atoms with Gasteiger partial charge >= 0.3 is 0 Å². The van der Waals surface area contributed by atoms with Gasteiger partial charge in [0.1, 0.15) is 12.4 Å². The van der Waals surface area contributed by atoms with Crippen molar-refractivity contribution in [3.05, 3.63) is 36.4 Å². The highest BCUT2D eigenvalue weighted by Gasteiger charge is 2.32. The van der Waals surface area contributed by atoms with E-state index in [1.807, 2.05) is 50.2 Å². The normalized spacial score (nSPS) is 11.6. The third-order valence-corrected chi connectivity index (χ3v) is 2.85. The average molecular weight is 356 g/mol. The first-order chi connectivity index (χ1) is 11.9. The third kappa shape index (κ3) is 12.8. The fourth-order valence-electron chi connectivity index (χ4n) is 1.79. The summed E-state index contributed by atoms with van der Waals surface area (Å²) in [6.07, 6.45) is -0.878. The number of nitrogens with one attached hydrogen (secondary N) is 2. The molecule has 0 bridgehead atoms. The van der Waals surface area contributed by atoms with Crippen molar-refractivity contribution in [1.82, 2.24) is 10.8 Å². The predicted octanol–water partition coefficient (Wildman–Crippen LogP) is 0.125. The minimum atomic E-state index is -1.64. The molecule has 8 heteroatoms. The molecule has 1 aromatic rings. The second-order valence-corrected chi connectivity index (χ2v) is 5.22. The molecule has 2 amide bonds. The van der Waals surface area contributed by atoms with Gasteiger partial charge in [0.25, 0.3) is 5.91 Å². The van der Waals surface area contributed by atoms with Crippen molar-refractivity contribution < 1.29 is 29.8 Å². The van der Waals surface area contributed by atoms with Crippen molar-refractivity contribution in [3.63, 3.8) is 0 Å². The molecule has 0 radical (unpaired) electrons. The maximum absolute atomic E-state index is 11.6. The van der Waals surface area contributed by atoms with Crippen LogP contribution in [0.2, 0.25) is 0 Å². The van der Waals surface area contributed by atoms with Crippen LogP contribution >= 0.6 is 0 Å². The molecule has 5 N–H and O–H groups in total. The zero-order valence-corrected chi connectivity index (χ0v) is 14.8. The van der Waals surface area contributed by atoms with Crippen molar-refractivity contribution in [3.8, 4) is 0 Å². The Morgan fingerprint density at radius 2 is 1.44 bits per heavy atom. The van der Waals surface area contributed by atoms with Crippen LogP contribution < -0.4 is 10.8 Å². The maximum atomic E-state index is 11.6. The van der Waals surface area contributed by atoms with Crippen LogP contribution in [-0.4, -0.2) is 53.3 Å². The summed E-state index contributed by atoms with van der Waals surface area (Å²) < 4.78 is 0. The van der Waals surface area contributed by atoms with E-state index in [1.54, 1.807) is 0 Å². The first kappa shape index (κ1) is 25.0. The number of hydrogen-bond donors (Lipinski definition) is 5.